The smallest absolute Gasteiger partial charge is 0.172 e. The standard InChI is InChI=1S/C25H28N4O3S/c1-25(10-6-3-7-11-25)23(30)17-12-26-24-22(17)28-18(13-27-24)16-8-4-5-9-19(16)29-20(31-2)14-32-15-21(29)33/h4-5,8-9,12-13,20H,3,6-7,10-11,14-15H2,1-2H3,(H,26,27). The van der Waals surface area contributed by atoms with E-state index in [0.29, 0.717) is 40.6 Å². The van der Waals surface area contributed by atoms with Crippen LogP contribution in [-0.4, -0.2) is 52.3 Å². The lowest BCUT2D eigenvalue weighted by Gasteiger charge is -2.37. The number of H-pyrrole nitrogens is 1. The molecule has 0 spiro atoms. The lowest BCUT2D eigenvalue weighted by Crippen LogP contribution is -2.50. The zero-order valence-corrected chi connectivity index (χ0v) is 19.8. The summed E-state index contributed by atoms with van der Waals surface area (Å²) in [6, 6.07) is 7.91. The second-order valence-corrected chi connectivity index (χ2v) is 9.56. The molecule has 172 valence electrons. The SMILES string of the molecule is COC1COCC(=S)N1c1ccccc1-c1cnc2[nH]cc(C(=O)C3(C)CCCCC3)c2n1. The monoisotopic (exact) mass is 464 g/mol. The number of ketones is 1. The molecule has 0 bridgehead atoms. The number of ether oxygens (including phenoxy) is 2. The Hall–Kier alpha value is -2.68. The predicted molar refractivity (Wildman–Crippen MR) is 132 cm³/mol. The number of benzene rings is 1. The summed E-state index contributed by atoms with van der Waals surface area (Å²) in [4.78, 5) is 28.8. The van der Waals surface area contributed by atoms with Gasteiger partial charge < -0.3 is 19.4 Å². The number of carbonyl (C=O) groups is 1. The van der Waals surface area contributed by atoms with Gasteiger partial charge in [0.25, 0.3) is 0 Å². The number of methoxy groups -OCH3 is 1. The molecule has 1 N–H and O–H groups in total. The maximum Gasteiger partial charge on any atom is 0.172 e. The van der Waals surface area contributed by atoms with Gasteiger partial charge in [0.1, 0.15) is 10.5 Å². The molecule has 1 aromatic carbocycles. The van der Waals surface area contributed by atoms with E-state index < -0.39 is 0 Å². The van der Waals surface area contributed by atoms with Gasteiger partial charge in [0.15, 0.2) is 17.7 Å². The van der Waals surface area contributed by atoms with E-state index in [9.17, 15) is 4.79 Å². The van der Waals surface area contributed by atoms with Crippen molar-refractivity contribution in [2.24, 2.45) is 5.41 Å². The zero-order chi connectivity index (χ0) is 23.0. The molecule has 33 heavy (non-hydrogen) atoms. The fourth-order valence-electron chi connectivity index (χ4n) is 4.99. The van der Waals surface area contributed by atoms with E-state index in [2.05, 4.69) is 16.9 Å². The van der Waals surface area contributed by atoms with E-state index >= 15 is 0 Å². The van der Waals surface area contributed by atoms with Crippen molar-refractivity contribution in [3.05, 3.63) is 42.2 Å². The van der Waals surface area contributed by atoms with E-state index in [4.69, 9.17) is 26.7 Å². The Morgan fingerprint density at radius 2 is 2.06 bits per heavy atom. The minimum absolute atomic E-state index is 0.155. The molecule has 8 heteroatoms. The molecule has 1 saturated heterocycles. The molecule has 2 aromatic heterocycles. The van der Waals surface area contributed by atoms with Crippen LogP contribution < -0.4 is 4.90 Å². The van der Waals surface area contributed by atoms with E-state index in [1.54, 1.807) is 19.5 Å². The second kappa shape index (κ2) is 8.93. The van der Waals surface area contributed by atoms with Crippen molar-refractivity contribution in [3.8, 4) is 11.3 Å². The minimum Gasteiger partial charge on any atom is -0.370 e. The highest BCUT2D eigenvalue weighted by Gasteiger charge is 2.37. The number of Topliss-reactive ketones (excluding diaryl/α,β-unsaturated/α-hetero) is 1. The lowest BCUT2D eigenvalue weighted by atomic mass is 9.71. The average Bonchev–Trinajstić information content (AvgIpc) is 3.27. The molecule has 3 aromatic rings. The van der Waals surface area contributed by atoms with Gasteiger partial charge in [-0.15, -0.1) is 0 Å². The fourth-order valence-corrected chi connectivity index (χ4v) is 5.29. The summed E-state index contributed by atoms with van der Waals surface area (Å²) in [5.74, 6) is 0.155. The first-order valence-electron chi connectivity index (χ1n) is 11.4. The number of aromatic amines is 1. The number of anilines is 1. The van der Waals surface area contributed by atoms with Crippen molar-refractivity contribution < 1.29 is 14.3 Å². The van der Waals surface area contributed by atoms with Gasteiger partial charge >= 0.3 is 0 Å². The van der Waals surface area contributed by atoms with Crippen LogP contribution in [0.4, 0.5) is 5.69 Å². The highest BCUT2D eigenvalue weighted by atomic mass is 32.1. The number of para-hydroxylation sites is 1. The van der Waals surface area contributed by atoms with Crippen LogP contribution in [0.25, 0.3) is 22.4 Å². The second-order valence-electron chi connectivity index (χ2n) is 9.09. The van der Waals surface area contributed by atoms with Crippen molar-refractivity contribution in [2.45, 2.75) is 45.3 Å². The summed E-state index contributed by atoms with van der Waals surface area (Å²) in [6.07, 6.45) is 8.40. The van der Waals surface area contributed by atoms with Crippen molar-refractivity contribution >= 4 is 39.8 Å². The highest BCUT2D eigenvalue weighted by molar-refractivity contribution is 7.80. The third-order valence-electron chi connectivity index (χ3n) is 6.89. The van der Waals surface area contributed by atoms with Gasteiger partial charge in [0, 0.05) is 24.3 Å². The van der Waals surface area contributed by atoms with Crippen LogP contribution >= 0.6 is 12.2 Å². The number of thiocarbonyl (C=S) groups is 1. The van der Waals surface area contributed by atoms with Gasteiger partial charge in [0.05, 0.1) is 36.4 Å². The van der Waals surface area contributed by atoms with E-state index in [1.165, 1.54) is 6.42 Å². The number of morpholine rings is 1. The van der Waals surface area contributed by atoms with Crippen molar-refractivity contribution in [1.29, 1.82) is 0 Å². The predicted octanol–water partition coefficient (Wildman–Crippen LogP) is 4.91. The van der Waals surface area contributed by atoms with Gasteiger partial charge in [-0.3, -0.25) is 4.79 Å². The highest BCUT2D eigenvalue weighted by Crippen LogP contribution is 2.40. The van der Waals surface area contributed by atoms with Gasteiger partial charge in [-0.1, -0.05) is 56.6 Å². The van der Waals surface area contributed by atoms with Crippen molar-refractivity contribution in [3.63, 3.8) is 0 Å². The van der Waals surface area contributed by atoms with E-state index in [1.807, 2.05) is 29.2 Å². The number of aromatic nitrogens is 3. The van der Waals surface area contributed by atoms with Crippen LogP contribution in [0.5, 0.6) is 0 Å². The largest absolute Gasteiger partial charge is 0.370 e. The Kier molecular flexibility index (Phi) is 5.99. The maximum absolute atomic E-state index is 13.5. The van der Waals surface area contributed by atoms with Gasteiger partial charge in [0.2, 0.25) is 0 Å². The molecule has 2 aliphatic rings. The fraction of sp³-hybridized carbons (Fsp3) is 0.440. The van der Waals surface area contributed by atoms with Gasteiger partial charge in [-0.2, -0.15) is 0 Å². The number of nitrogens with one attached hydrogen (secondary N) is 1. The molecule has 0 amide bonds. The zero-order valence-electron chi connectivity index (χ0n) is 19.0. The third kappa shape index (κ3) is 3.96. The number of hydrogen-bond acceptors (Lipinski definition) is 6. The lowest BCUT2D eigenvalue weighted by molar-refractivity contribution is 0.0124. The van der Waals surface area contributed by atoms with Crippen LogP contribution in [-0.2, 0) is 9.47 Å². The Bertz CT molecular complexity index is 1200. The molecular formula is C25H28N4O3S. The number of rotatable bonds is 5. The first-order chi connectivity index (χ1) is 16.0. The molecule has 1 aliphatic carbocycles. The summed E-state index contributed by atoms with van der Waals surface area (Å²) < 4.78 is 11.2. The Morgan fingerprint density at radius 1 is 1.27 bits per heavy atom. The Balaban J connectivity index is 1.58. The summed E-state index contributed by atoms with van der Waals surface area (Å²) in [5, 5.41) is 0. The molecular weight excluding hydrogens is 436 g/mol. The molecule has 7 nitrogen and oxygen atoms in total. The molecule has 1 unspecified atom stereocenters. The van der Waals surface area contributed by atoms with Crippen LogP contribution in [0.15, 0.2) is 36.7 Å². The summed E-state index contributed by atoms with van der Waals surface area (Å²) in [6.45, 7) is 2.87. The third-order valence-corrected chi connectivity index (χ3v) is 7.20. The molecule has 0 radical (unpaired) electrons. The first kappa shape index (κ1) is 22.1. The molecule has 1 saturated carbocycles. The Morgan fingerprint density at radius 3 is 2.85 bits per heavy atom. The van der Waals surface area contributed by atoms with Crippen LogP contribution in [0.2, 0.25) is 0 Å². The topological polar surface area (TPSA) is 80.3 Å². The number of fused-ring (bicyclic) bond motifs is 1. The van der Waals surface area contributed by atoms with Gasteiger partial charge in [-0.05, 0) is 18.9 Å². The number of hydrogen-bond donors (Lipinski definition) is 1. The quantitative estimate of drug-likeness (QED) is 0.424. The van der Waals surface area contributed by atoms with Crippen molar-refractivity contribution in [2.75, 3.05) is 25.2 Å². The van der Waals surface area contributed by atoms with Gasteiger partial charge in [-0.25, -0.2) is 9.97 Å². The maximum atomic E-state index is 13.5. The summed E-state index contributed by atoms with van der Waals surface area (Å²) >= 11 is 5.60. The number of nitrogens with zero attached hydrogens (tertiary/aromatic N) is 3. The molecule has 5 rings (SSSR count). The van der Waals surface area contributed by atoms with Crippen LogP contribution in [0.3, 0.4) is 0 Å². The van der Waals surface area contributed by atoms with Crippen LogP contribution in [0.1, 0.15) is 49.4 Å². The van der Waals surface area contributed by atoms with Crippen LogP contribution in [0, 0.1) is 5.41 Å². The average molecular weight is 465 g/mol. The minimum atomic E-state index is -0.339. The summed E-state index contributed by atoms with van der Waals surface area (Å²) in [7, 11) is 1.65. The molecule has 1 aliphatic heterocycles. The van der Waals surface area contributed by atoms with Crippen molar-refractivity contribution in [1.82, 2.24) is 15.0 Å². The van der Waals surface area contributed by atoms with E-state index in [-0.39, 0.29) is 17.4 Å². The normalized spacial score (nSPS) is 20.8. The first-order valence-corrected chi connectivity index (χ1v) is 11.8. The molecule has 3 heterocycles. The molecule has 2 fully saturated rings. The molecule has 1 atom stereocenters. The Labute approximate surface area is 198 Å². The number of carbonyl (C=O) groups excluding carboxylic acids is 1. The summed E-state index contributed by atoms with van der Waals surface area (Å²) in [5.41, 5.74) is 3.97. The van der Waals surface area contributed by atoms with E-state index in [0.717, 1.165) is 36.9 Å².